The zero-order valence-electron chi connectivity index (χ0n) is 9.67. The van der Waals surface area contributed by atoms with Crippen LogP contribution in [0, 0.1) is 0 Å². The summed E-state index contributed by atoms with van der Waals surface area (Å²) in [5.41, 5.74) is 0. The third kappa shape index (κ3) is 50.0. The van der Waals surface area contributed by atoms with Gasteiger partial charge in [0.1, 0.15) is 0 Å². The van der Waals surface area contributed by atoms with E-state index in [1.54, 1.807) is 0 Å². The first-order valence-electron chi connectivity index (χ1n) is 0.516. The second-order valence-electron chi connectivity index (χ2n) is 0.217. The first-order valence-corrected chi connectivity index (χ1v) is 1.55. The van der Waals surface area contributed by atoms with Crippen molar-refractivity contribution in [2.45, 2.75) is 0 Å². The summed E-state index contributed by atoms with van der Waals surface area (Å²) in [5, 5.41) is 0. The SMILES string of the molecule is O=S([O-])O.[H-].[H-].[H-].[H-].[Na+].[Na+].[Na+].[Na+]. The summed E-state index contributed by atoms with van der Waals surface area (Å²) in [6, 6.07) is 0. The summed E-state index contributed by atoms with van der Waals surface area (Å²) in [6.45, 7) is 0. The first kappa shape index (κ1) is 29.6. The van der Waals surface area contributed by atoms with Crippen molar-refractivity contribution in [2.75, 3.05) is 0 Å². The van der Waals surface area contributed by atoms with Crippen LogP contribution in [-0.4, -0.2) is 13.3 Å². The molecule has 8 heavy (non-hydrogen) atoms. The van der Waals surface area contributed by atoms with Crippen LogP contribution >= 0.6 is 0 Å². The molecular formula is H5Na4O3S-. The van der Waals surface area contributed by atoms with Crippen LogP contribution in [0.1, 0.15) is 5.71 Å². The maximum atomic E-state index is 8.56. The fraction of sp³-hybridized carbons (Fsp3) is 0. The van der Waals surface area contributed by atoms with Gasteiger partial charge in [-0.3, -0.25) is 0 Å². The molecule has 0 aromatic carbocycles. The van der Waals surface area contributed by atoms with Crippen molar-refractivity contribution in [1.29, 1.82) is 0 Å². The molecule has 0 saturated carbocycles. The molecular weight excluding hydrogens is 172 g/mol. The normalized spacial score (nSPS) is 7.75. The molecule has 8 heteroatoms. The van der Waals surface area contributed by atoms with Gasteiger partial charge in [0.2, 0.25) is 0 Å². The molecule has 0 radical (unpaired) electrons. The molecule has 0 amide bonds. The van der Waals surface area contributed by atoms with Crippen LogP contribution in [0.2, 0.25) is 0 Å². The molecule has 34 valence electrons. The Morgan fingerprint density at radius 2 is 1.25 bits per heavy atom. The zero-order chi connectivity index (χ0) is 3.58. The zero-order valence-corrected chi connectivity index (χ0v) is 14.5. The molecule has 0 rings (SSSR count). The van der Waals surface area contributed by atoms with E-state index in [9.17, 15) is 0 Å². The molecule has 0 aliphatic heterocycles. The fourth-order valence-electron chi connectivity index (χ4n) is 0. The second-order valence-corrected chi connectivity index (χ2v) is 0.651. The molecule has 0 aromatic rings. The van der Waals surface area contributed by atoms with Gasteiger partial charge in [-0.05, 0) is 0 Å². The van der Waals surface area contributed by atoms with Crippen LogP contribution in [0.3, 0.4) is 0 Å². The van der Waals surface area contributed by atoms with E-state index >= 15 is 0 Å². The number of hydrogen-bond donors (Lipinski definition) is 1. The topological polar surface area (TPSA) is 60.4 Å². The standard InChI is InChI=1S/4Na.H2O3S.4H/c;;;;1-4(2)3;;;;/h;;;;(H2,1,2,3);;;;/q4*+1;;4*-1/p-1. The minimum atomic E-state index is -2.86. The van der Waals surface area contributed by atoms with Crippen molar-refractivity contribution in [1.82, 2.24) is 0 Å². The first-order chi connectivity index (χ1) is 1.73. The molecule has 0 saturated heterocycles. The molecule has 0 spiro atoms. The Morgan fingerprint density at radius 1 is 1.25 bits per heavy atom. The van der Waals surface area contributed by atoms with Crippen LogP contribution in [-0.2, 0) is 11.4 Å². The van der Waals surface area contributed by atoms with Gasteiger partial charge in [-0.25, -0.2) is 4.21 Å². The molecule has 0 fully saturated rings. The molecule has 0 aromatic heterocycles. The third-order valence-electron chi connectivity index (χ3n) is 0. The van der Waals surface area contributed by atoms with Crippen molar-refractivity contribution in [2.24, 2.45) is 0 Å². The quantitative estimate of drug-likeness (QED) is 0.295. The predicted octanol–water partition coefficient (Wildman–Crippen LogP) is -12.2. The third-order valence-corrected chi connectivity index (χ3v) is 0. The van der Waals surface area contributed by atoms with Crippen LogP contribution in [0.15, 0.2) is 0 Å². The van der Waals surface area contributed by atoms with Crippen molar-refractivity contribution < 1.29 is 137 Å². The van der Waals surface area contributed by atoms with Gasteiger partial charge in [-0.15, -0.1) is 0 Å². The van der Waals surface area contributed by atoms with E-state index < -0.39 is 11.4 Å². The summed E-state index contributed by atoms with van der Waals surface area (Å²) in [7, 11) is 0. The molecule has 1 unspecified atom stereocenters. The van der Waals surface area contributed by atoms with E-state index in [0.717, 1.165) is 0 Å². The predicted molar refractivity (Wildman–Crippen MR) is 16.0 cm³/mol. The van der Waals surface area contributed by atoms with Crippen molar-refractivity contribution in [3.05, 3.63) is 0 Å². The maximum Gasteiger partial charge on any atom is 1.00 e. The molecule has 3 nitrogen and oxygen atoms in total. The van der Waals surface area contributed by atoms with E-state index in [1.165, 1.54) is 0 Å². The van der Waals surface area contributed by atoms with E-state index in [2.05, 4.69) is 0 Å². The average Bonchev–Trinajstić information content (AvgIpc) is 0.811. The molecule has 0 heterocycles. The van der Waals surface area contributed by atoms with Gasteiger partial charge in [-0.1, -0.05) is 0 Å². The van der Waals surface area contributed by atoms with Crippen LogP contribution in [0.25, 0.3) is 0 Å². The van der Waals surface area contributed by atoms with E-state index in [4.69, 9.17) is 13.3 Å². The minimum Gasteiger partial charge on any atom is -1.00 e. The Hall–Kier alpha value is 4.07. The van der Waals surface area contributed by atoms with E-state index in [0.29, 0.717) is 0 Å². The summed E-state index contributed by atoms with van der Waals surface area (Å²) in [6.07, 6.45) is 0. The van der Waals surface area contributed by atoms with Gasteiger partial charge >= 0.3 is 118 Å². The molecule has 0 aliphatic rings. The molecule has 0 aliphatic carbocycles. The van der Waals surface area contributed by atoms with E-state index in [-0.39, 0.29) is 124 Å². The Bertz CT molecular complexity index is 45.3. The van der Waals surface area contributed by atoms with Crippen LogP contribution in [0.5, 0.6) is 0 Å². The second kappa shape index (κ2) is 22.5. The fourth-order valence-corrected chi connectivity index (χ4v) is 0. The van der Waals surface area contributed by atoms with Crippen molar-refractivity contribution in [3.8, 4) is 0 Å². The van der Waals surface area contributed by atoms with Gasteiger partial charge < -0.3 is 14.8 Å². The van der Waals surface area contributed by atoms with E-state index in [1.807, 2.05) is 0 Å². The van der Waals surface area contributed by atoms with Gasteiger partial charge in [0.15, 0.2) is 0 Å². The Labute approximate surface area is 145 Å². The monoisotopic (exact) mass is 177 g/mol. The Morgan fingerprint density at radius 3 is 1.25 bits per heavy atom. The minimum absolute atomic E-state index is 0. The van der Waals surface area contributed by atoms with Gasteiger partial charge in [-0.2, -0.15) is 0 Å². The summed E-state index contributed by atoms with van der Waals surface area (Å²) < 4.78 is 24.1. The Balaban J connectivity index is -0.00000000161. The maximum absolute atomic E-state index is 8.56. The molecule has 0 bridgehead atoms. The summed E-state index contributed by atoms with van der Waals surface area (Å²) in [5.74, 6) is 0. The molecule has 1 atom stereocenters. The van der Waals surface area contributed by atoms with Crippen LogP contribution < -0.4 is 118 Å². The number of hydrogen-bond acceptors (Lipinski definition) is 2. The van der Waals surface area contributed by atoms with Gasteiger partial charge in [0.25, 0.3) is 0 Å². The largest absolute Gasteiger partial charge is 1.00 e. The average molecular weight is 177 g/mol. The smallest absolute Gasteiger partial charge is 1.00 e. The summed E-state index contributed by atoms with van der Waals surface area (Å²) in [4.78, 5) is 0. The van der Waals surface area contributed by atoms with Crippen molar-refractivity contribution in [3.63, 3.8) is 0 Å². The summed E-state index contributed by atoms with van der Waals surface area (Å²) >= 11 is -2.86. The number of rotatable bonds is 0. The van der Waals surface area contributed by atoms with Gasteiger partial charge in [0, 0.05) is 0 Å². The van der Waals surface area contributed by atoms with Crippen LogP contribution in [0.4, 0.5) is 0 Å². The molecule has 1 N–H and O–H groups in total. The Kier molecular flexibility index (Phi) is 83.1. The van der Waals surface area contributed by atoms with Crippen molar-refractivity contribution >= 4 is 11.4 Å². The van der Waals surface area contributed by atoms with Gasteiger partial charge in [0.05, 0.1) is 11.4 Å².